The Morgan fingerprint density at radius 1 is 1.26 bits per heavy atom. The Bertz CT molecular complexity index is 757. The first kappa shape index (κ1) is 17.9. The van der Waals surface area contributed by atoms with Crippen LogP contribution in [0, 0.1) is 28.6 Å². The van der Waals surface area contributed by atoms with Crippen LogP contribution in [0.5, 0.6) is 0 Å². The SMILES string of the molecule is CC(=O)[C@@]12N=C(C)O[C@@H]1CC1[C@@H]3CC=C4C[C@@H](O)CC[C@]4(C)[C@H]3CC[C@@]12C. The second-order valence-corrected chi connectivity index (χ2v) is 10.4. The third kappa shape index (κ3) is 2.03. The summed E-state index contributed by atoms with van der Waals surface area (Å²) in [7, 11) is 0. The number of aliphatic imine (C=N–C) groups is 1. The zero-order chi connectivity index (χ0) is 19.2. The monoisotopic (exact) mass is 371 g/mol. The number of ketones is 1. The highest BCUT2D eigenvalue weighted by Crippen LogP contribution is 2.69. The molecule has 3 saturated carbocycles. The van der Waals surface area contributed by atoms with Gasteiger partial charge in [-0.2, -0.15) is 0 Å². The molecule has 3 fully saturated rings. The van der Waals surface area contributed by atoms with Crippen molar-refractivity contribution in [1.29, 1.82) is 0 Å². The van der Waals surface area contributed by atoms with Crippen LogP contribution in [-0.4, -0.2) is 34.5 Å². The smallest absolute Gasteiger partial charge is 0.181 e. The number of rotatable bonds is 1. The van der Waals surface area contributed by atoms with Gasteiger partial charge < -0.3 is 9.84 Å². The topological polar surface area (TPSA) is 58.9 Å². The lowest BCUT2D eigenvalue weighted by molar-refractivity contribution is -0.131. The summed E-state index contributed by atoms with van der Waals surface area (Å²) in [6.45, 7) is 8.39. The van der Waals surface area contributed by atoms with Crippen molar-refractivity contribution < 1.29 is 14.6 Å². The van der Waals surface area contributed by atoms with Gasteiger partial charge in [-0.1, -0.05) is 25.5 Å². The van der Waals surface area contributed by atoms with Gasteiger partial charge in [-0.05, 0) is 75.0 Å². The molecule has 4 heteroatoms. The molecular weight excluding hydrogens is 338 g/mol. The lowest BCUT2D eigenvalue weighted by Gasteiger charge is -2.58. The predicted molar refractivity (Wildman–Crippen MR) is 104 cm³/mol. The van der Waals surface area contributed by atoms with E-state index >= 15 is 0 Å². The van der Waals surface area contributed by atoms with Crippen molar-refractivity contribution in [2.45, 2.75) is 90.4 Å². The number of aliphatic hydroxyl groups is 1. The second kappa shape index (κ2) is 5.46. The molecule has 0 aromatic heterocycles. The normalized spacial score (nSPS) is 53.3. The maximum atomic E-state index is 12.9. The number of carbonyl (C=O) groups is 1. The first-order chi connectivity index (χ1) is 12.7. The summed E-state index contributed by atoms with van der Waals surface area (Å²) in [5.41, 5.74) is 0.958. The molecule has 148 valence electrons. The van der Waals surface area contributed by atoms with Crippen LogP contribution in [0.2, 0.25) is 0 Å². The Morgan fingerprint density at radius 2 is 2.04 bits per heavy atom. The van der Waals surface area contributed by atoms with Crippen LogP contribution >= 0.6 is 0 Å². The largest absolute Gasteiger partial charge is 0.475 e. The Morgan fingerprint density at radius 3 is 2.78 bits per heavy atom. The molecular formula is C23H33NO3. The summed E-state index contributed by atoms with van der Waals surface area (Å²) in [5, 5.41) is 10.2. The molecule has 0 saturated heterocycles. The summed E-state index contributed by atoms with van der Waals surface area (Å²) in [6.07, 6.45) is 9.35. The third-order valence-electron chi connectivity index (χ3n) is 9.46. The molecule has 0 aromatic carbocycles. The Kier molecular flexibility index (Phi) is 3.62. The van der Waals surface area contributed by atoms with Crippen LogP contribution in [0.25, 0.3) is 0 Å². The van der Waals surface area contributed by atoms with Crippen molar-refractivity contribution in [3.8, 4) is 0 Å². The van der Waals surface area contributed by atoms with E-state index in [1.807, 2.05) is 6.92 Å². The van der Waals surface area contributed by atoms with Gasteiger partial charge in [0.2, 0.25) is 0 Å². The van der Waals surface area contributed by atoms with Crippen LogP contribution < -0.4 is 0 Å². The zero-order valence-electron chi connectivity index (χ0n) is 17.1. The molecule has 0 aromatic rings. The van der Waals surface area contributed by atoms with Crippen molar-refractivity contribution in [1.82, 2.24) is 0 Å². The Labute approximate surface area is 162 Å². The molecule has 8 atom stereocenters. The first-order valence-electron chi connectivity index (χ1n) is 10.8. The molecule has 4 aliphatic carbocycles. The van der Waals surface area contributed by atoms with E-state index in [4.69, 9.17) is 9.73 Å². The minimum absolute atomic E-state index is 0.0740. The van der Waals surface area contributed by atoms with Gasteiger partial charge in [-0.25, -0.2) is 4.99 Å². The number of ether oxygens (including phenoxy) is 1. The molecule has 1 aliphatic heterocycles. The van der Waals surface area contributed by atoms with Gasteiger partial charge in [0.05, 0.1) is 6.10 Å². The molecule has 1 N–H and O–H groups in total. The summed E-state index contributed by atoms with van der Waals surface area (Å²) in [4.78, 5) is 17.8. The summed E-state index contributed by atoms with van der Waals surface area (Å²) in [6, 6.07) is 0. The molecule has 1 unspecified atom stereocenters. The molecule has 0 bridgehead atoms. The number of aliphatic hydroxyl groups excluding tert-OH is 1. The van der Waals surface area contributed by atoms with Crippen molar-refractivity contribution in [2.75, 3.05) is 0 Å². The average Bonchev–Trinajstić information content (AvgIpc) is 3.06. The number of carbonyl (C=O) groups excluding carboxylic acids is 1. The van der Waals surface area contributed by atoms with Crippen LogP contribution in [0.15, 0.2) is 16.6 Å². The zero-order valence-corrected chi connectivity index (χ0v) is 17.1. The van der Waals surface area contributed by atoms with E-state index in [9.17, 15) is 9.90 Å². The van der Waals surface area contributed by atoms with Gasteiger partial charge in [-0.15, -0.1) is 0 Å². The van der Waals surface area contributed by atoms with Crippen LogP contribution in [-0.2, 0) is 9.53 Å². The van der Waals surface area contributed by atoms with E-state index in [2.05, 4.69) is 19.9 Å². The lowest BCUT2D eigenvalue weighted by Crippen LogP contribution is -2.57. The van der Waals surface area contributed by atoms with Gasteiger partial charge in [0.25, 0.3) is 0 Å². The molecule has 1 heterocycles. The molecule has 4 nitrogen and oxygen atoms in total. The molecule has 0 amide bonds. The third-order valence-corrected chi connectivity index (χ3v) is 9.46. The Balaban J connectivity index is 1.55. The minimum atomic E-state index is -0.666. The van der Waals surface area contributed by atoms with Gasteiger partial charge in [0, 0.05) is 12.3 Å². The van der Waals surface area contributed by atoms with E-state index in [0.717, 1.165) is 44.9 Å². The fraction of sp³-hybridized carbons (Fsp3) is 0.826. The van der Waals surface area contributed by atoms with Crippen molar-refractivity contribution in [3.63, 3.8) is 0 Å². The number of hydrogen-bond acceptors (Lipinski definition) is 4. The number of fused-ring (bicyclic) bond motifs is 7. The van der Waals surface area contributed by atoms with Gasteiger partial charge in [-0.3, -0.25) is 4.79 Å². The van der Waals surface area contributed by atoms with Gasteiger partial charge in [0.1, 0.15) is 6.10 Å². The molecule has 0 spiro atoms. The van der Waals surface area contributed by atoms with Crippen molar-refractivity contribution in [2.24, 2.45) is 33.6 Å². The van der Waals surface area contributed by atoms with Crippen LogP contribution in [0.4, 0.5) is 0 Å². The van der Waals surface area contributed by atoms with Crippen molar-refractivity contribution in [3.05, 3.63) is 11.6 Å². The maximum absolute atomic E-state index is 12.9. The van der Waals surface area contributed by atoms with E-state index in [1.54, 1.807) is 6.92 Å². The standard InChI is InChI=1S/C23H33NO3/c1-13(25)23-20(27-14(2)24-23)12-19-17-6-5-15-11-16(26)7-9-21(15,3)18(17)8-10-22(19,23)4/h5,16-20,26H,6-12H2,1-4H3/t16-,17+,18-,19?,20+,21-,22-,23+/m0/s1. The van der Waals surface area contributed by atoms with Crippen molar-refractivity contribution >= 4 is 11.7 Å². The summed E-state index contributed by atoms with van der Waals surface area (Å²) >= 11 is 0. The highest BCUT2D eigenvalue weighted by molar-refractivity contribution is 5.94. The quantitative estimate of drug-likeness (QED) is 0.707. The fourth-order valence-corrected chi connectivity index (χ4v) is 8.16. The molecule has 0 radical (unpaired) electrons. The van der Waals surface area contributed by atoms with Gasteiger partial charge >= 0.3 is 0 Å². The number of hydrogen-bond donors (Lipinski definition) is 1. The van der Waals surface area contributed by atoms with E-state index in [1.165, 1.54) is 5.57 Å². The fourth-order valence-electron chi connectivity index (χ4n) is 8.16. The number of Topliss-reactive ketones (excluding diaryl/α,β-unsaturated/α-hetero) is 1. The van der Waals surface area contributed by atoms with E-state index < -0.39 is 5.54 Å². The van der Waals surface area contributed by atoms with Crippen LogP contribution in [0.1, 0.15) is 72.6 Å². The lowest BCUT2D eigenvalue weighted by atomic mass is 9.46. The Hall–Kier alpha value is -1.16. The summed E-state index contributed by atoms with van der Waals surface area (Å²) < 4.78 is 6.11. The average molecular weight is 372 g/mol. The second-order valence-electron chi connectivity index (χ2n) is 10.4. The highest BCUT2D eigenvalue weighted by atomic mass is 16.5. The number of nitrogens with zero attached hydrogens (tertiary/aromatic N) is 1. The molecule has 27 heavy (non-hydrogen) atoms. The van der Waals surface area contributed by atoms with Gasteiger partial charge in [0.15, 0.2) is 17.2 Å². The van der Waals surface area contributed by atoms with E-state index in [0.29, 0.717) is 23.7 Å². The summed E-state index contributed by atoms with van der Waals surface area (Å²) in [5.74, 6) is 2.64. The van der Waals surface area contributed by atoms with Crippen LogP contribution in [0.3, 0.4) is 0 Å². The minimum Gasteiger partial charge on any atom is -0.475 e. The molecule has 5 aliphatic rings. The highest BCUT2D eigenvalue weighted by Gasteiger charge is 2.72. The first-order valence-corrected chi connectivity index (χ1v) is 10.8. The number of allylic oxidation sites excluding steroid dienone is 1. The predicted octanol–water partition coefficient (Wildman–Crippen LogP) is 4.07. The maximum Gasteiger partial charge on any atom is 0.181 e. The van der Waals surface area contributed by atoms with E-state index in [-0.39, 0.29) is 28.8 Å². The molecule has 5 rings (SSSR count).